The van der Waals surface area contributed by atoms with Crippen LogP contribution < -0.4 is 4.74 Å². The summed E-state index contributed by atoms with van der Waals surface area (Å²) in [5.41, 5.74) is 0.619. The molecule has 0 radical (unpaired) electrons. The van der Waals surface area contributed by atoms with E-state index in [4.69, 9.17) is 30.9 Å². The molecule has 1 N–H and O–H groups in total. The highest BCUT2D eigenvalue weighted by Gasteiger charge is 2.16. The van der Waals surface area contributed by atoms with Gasteiger partial charge in [-0.2, -0.15) is 0 Å². The van der Waals surface area contributed by atoms with Gasteiger partial charge in [0.25, 0.3) is 0 Å². The second-order valence-electron chi connectivity index (χ2n) is 3.50. The van der Waals surface area contributed by atoms with Crippen molar-refractivity contribution in [3.05, 3.63) is 28.3 Å². The lowest BCUT2D eigenvalue weighted by Crippen LogP contribution is -2.07. The monoisotopic (exact) mass is 334 g/mol. The molecule has 0 aromatic heterocycles. The number of halogens is 1. The van der Waals surface area contributed by atoms with Crippen molar-refractivity contribution in [1.29, 1.82) is 0 Å². The van der Waals surface area contributed by atoms with Gasteiger partial charge in [0.2, 0.25) is 0 Å². The minimum absolute atomic E-state index is 0.0235. The quantitative estimate of drug-likeness (QED) is 0.755. The van der Waals surface area contributed by atoms with Gasteiger partial charge in [-0.3, -0.25) is 0 Å². The van der Waals surface area contributed by atoms with Gasteiger partial charge < -0.3 is 19.3 Å². The predicted octanol–water partition coefficient (Wildman–Crippen LogP) is 4.26. The molecular formula is C16H27ClO5. The molecule has 1 aromatic carbocycles. The molecule has 0 aliphatic rings. The lowest BCUT2D eigenvalue weighted by Gasteiger charge is -2.12. The minimum atomic E-state index is -1.09. The van der Waals surface area contributed by atoms with Crippen LogP contribution in [0.4, 0.5) is 0 Å². The molecule has 0 aliphatic heterocycles. The van der Waals surface area contributed by atoms with E-state index in [1.165, 1.54) is 13.2 Å². The maximum Gasteiger partial charge on any atom is 0.339 e. The fourth-order valence-electron chi connectivity index (χ4n) is 1.48. The Bertz CT molecular complexity index is 421. The third-order valence-corrected chi connectivity index (χ3v) is 2.47. The normalized spacial score (nSPS) is 9.05. The number of hydrogen-bond donors (Lipinski definition) is 1. The zero-order chi connectivity index (χ0) is 17.5. The molecule has 22 heavy (non-hydrogen) atoms. The number of carboxylic acid groups (broad SMARTS) is 1. The number of carbonyl (C=O) groups is 1. The number of hydrogen-bond acceptors (Lipinski definition) is 4. The van der Waals surface area contributed by atoms with E-state index >= 15 is 0 Å². The van der Waals surface area contributed by atoms with E-state index in [1.807, 2.05) is 27.7 Å². The first kappa shape index (κ1) is 23.0. The lowest BCUT2D eigenvalue weighted by atomic mass is 10.1. The molecule has 0 saturated heterocycles. The first-order chi connectivity index (χ1) is 10.6. The second kappa shape index (κ2) is 14.6. The minimum Gasteiger partial charge on any atom is -0.495 e. The van der Waals surface area contributed by atoms with Gasteiger partial charge in [0.1, 0.15) is 11.3 Å². The van der Waals surface area contributed by atoms with Crippen LogP contribution in [0.1, 0.15) is 43.6 Å². The van der Waals surface area contributed by atoms with Gasteiger partial charge >= 0.3 is 5.97 Å². The van der Waals surface area contributed by atoms with Crippen molar-refractivity contribution in [2.75, 3.05) is 27.4 Å². The third-order valence-electron chi connectivity index (χ3n) is 2.25. The molecule has 0 atom stereocenters. The van der Waals surface area contributed by atoms with Crippen LogP contribution in [-0.4, -0.2) is 38.5 Å². The van der Waals surface area contributed by atoms with E-state index in [0.717, 1.165) is 0 Å². The average Bonchev–Trinajstić information content (AvgIpc) is 2.54. The fraction of sp³-hybridized carbons (Fsp3) is 0.562. The molecule has 0 saturated carbocycles. The van der Waals surface area contributed by atoms with Crippen LogP contribution in [0.3, 0.4) is 0 Å². The highest BCUT2D eigenvalue weighted by molar-refractivity contribution is 6.31. The fourth-order valence-corrected chi connectivity index (χ4v) is 1.72. The SMILES string of the molecule is CC.CC.COCCOCc1cc(Cl)cc(C(=O)O)c1OC. The van der Waals surface area contributed by atoms with Gasteiger partial charge in [-0.1, -0.05) is 39.3 Å². The number of aromatic carboxylic acids is 1. The molecule has 0 amide bonds. The van der Waals surface area contributed by atoms with Crippen LogP contribution in [0.5, 0.6) is 5.75 Å². The first-order valence-corrected chi connectivity index (χ1v) is 7.64. The Hall–Kier alpha value is -1.30. The second-order valence-corrected chi connectivity index (χ2v) is 3.93. The van der Waals surface area contributed by atoms with Gasteiger partial charge in [-0.25, -0.2) is 4.79 Å². The lowest BCUT2D eigenvalue weighted by molar-refractivity contribution is 0.0603. The zero-order valence-corrected chi connectivity index (χ0v) is 15.0. The van der Waals surface area contributed by atoms with Crippen LogP contribution in [0, 0.1) is 0 Å². The molecule has 0 aliphatic carbocycles. The molecule has 0 unspecified atom stereocenters. The molecule has 6 heteroatoms. The van der Waals surface area contributed by atoms with E-state index in [9.17, 15) is 4.79 Å². The predicted molar refractivity (Wildman–Crippen MR) is 89.2 cm³/mol. The summed E-state index contributed by atoms with van der Waals surface area (Å²) in [6, 6.07) is 2.97. The third kappa shape index (κ3) is 8.22. The first-order valence-electron chi connectivity index (χ1n) is 7.26. The Labute approximate surface area is 138 Å². The zero-order valence-electron chi connectivity index (χ0n) is 14.2. The molecule has 1 aromatic rings. The Morgan fingerprint density at radius 2 is 1.73 bits per heavy atom. The number of rotatable bonds is 7. The van der Waals surface area contributed by atoms with Crippen molar-refractivity contribution < 1.29 is 24.1 Å². The van der Waals surface area contributed by atoms with Crippen molar-refractivity contribution >= 4 is 17.6 Å². The Morgan fingerprint density at radius 1 is 1.14 bits per heavy atom. The van der Waals surface area contributed by atoms with E-state index in [-0.39, 0.29) is 17.9 Å². The highest BCUT2D eigenvalue weighted by atomic mass is 35.5. The smallest absolute Gasteiger partial charge is 0.339 e. The molecule has 0 bridgehead atoms. The molecule has 5 nitrogen and oxygen atoms in total. The van der Waals surface area contributed by atoms with Crippen LogP contribution in [0.15, 0.2) is 12.1 Å². The highest BCUT2D eigenvalue weighted by Crippen LogP contribution is 2.28. The van der Waals surface area contributed by atoms with E-state index in [0.29, 0.717) is 23.8 Å². The summed E-state index contributed by atoms with van der Waals surface area (Å²) in [4.78, 5) is 11.1. The van der Waals surface area contributed by atoms with E-state index in [2.05, 4.69) is 0 Å². The Kier molecular flexibility index (Phi) is 15.3. The van der Waals surface area contributed by atoms with E-state index in [1.54, 1.807) is 13.2 Å². The van der Waals surface area contributed by atoms with Crippen LogP contribution in [0.25, 0.3) is 0 Å². The maximum atomic E-state index is 11.1. The van der Waals surface area contributed by atoms with Gasteiger partial charge in [0, 0.05) is 17.7 Å². The molecule has 0 heterocycles. The molecule has 128 valence electrons. The standard InChI is InChI=1S/C12H15ClO5.2C2H6/c1-16-3-4-18-7-8-5-9(13)6-10(12(14)15)11(8)17-2;2*1-2/h5-6H,3-4,7H2,1-2H3,(H,14,15);2*1-2H3. The molecular weight excluding hydrogens is 308 g/mol. The summed E-state index contributed by atoms with van der Waals surface area (Å²) in [5.74, 6) is -0.822. The van der Waals surface area contributed by atoms with Crippen molar-refractivity contribution in [3.8, 4) is 5.75 Å². The van der Waals surface area contributed by atoms with Crippen molar-refractivity contribution in [2.45, 2.75) is 34.3 Å². The Balaban J connectivity index is 0. The summed E-state index contributed by atoms with van der Waals surface area (Å²) < 4.78 is 15.3. The Morgan fingerprint density at radius 3 is 2.18 bits per heavy atom. The van der Waals surface area contributed by atoms with Crippen molar-refractivity contribution in [2.24, 2.45) is 0 Å². The maximum absolute atomic E-state index is 11.1. The van der Waals surface area contributed by atoms with Crippen LogP contribution in [-0.2, 0) is 16.1 Å². The van der Waals surface area contributed by atoms with Gasteiger partial charge in [-0.15, -0.1) is 0 Å². The van der Waals surface area contributed by atoms with Crippen LogP contribution in [0.2, 0.25) is 5.02 Å². The largest absolute Gasteiger partial charge is 0.495 e. The number of carboxylic acids is 1. The number of ether oxygens (including phenoxy) is 3. The summed E-state index contributed by atoms with van der Waals surface area (Å²) in [6.45, 7) is 9.09. The number of benzene rings is 1. The average molecular weight is 335 g/mol. The van der Waals surface area contributed by atoms with Crippen molar-refractivity contribution in [3.63, 3.8) is 0 Å². The summed E-state index contributed by atoms with van der Waals surface area (Å²) in [7, 11) is 2.99. The van der Waals surface area contributed by atoms with Crippen molar-refractivity contribution in [1.82, 2.24) is 0 Å². The molecule has 1 rings (SSSR count). The summed E-state index contributed by atoms with van der Waals surface area (Å²) in [6.07, 6.45) is 0. The van der Waals surface area contributed by atoms with E-state index < -0.39 is 5.97 Å². The summed E-state index contributed by atoms with van der Waals surface area (Å²) in [5, 5.41) is 9.39. The van der Waals surface area contributed by atoms with Gasteiger partial charge in [0.05, 0.1) is 26.9 Å². The topological polar surface area (TPSA) is 65.0 Å². The number of methoxy groups -OCH3 is 2. The summed E-state index contributed by atoms with van der Waals surface area (Å²) >= 11 is 5.86. The van der Waals surface area contributed by atoms with Gasteiger partial charge in [-0.05, 0) is 12.1 Å². The molecule has 0 fully saturated rings. The van der Waals surface area contributed by atoms with Gasteiger partial charge in [0.15, 0.2) is 0 Å². The molecule has 0 spiro atoms. The van der Waals surface area contributed by atoms with Crippen LogP contribution >= 0.6 is 11.6 Å².